The largest absolute Gasteiger partial charge is 0.295 e. The standard InChI is InChI=1S/C11H12O2S/c1-7(11(13)14)9-3-5-10(6-4-9)8(2)12/h3-7H,1-2H3,(H,13,14). The van der Waals surface area contributed by atoms with Gasteiger partial charge in [-0.05, 0) is 12.5 Å². The topological polar surface area (TPSA) is 34.1 Å². The SMILES string of the molecule is CC(=O)c1ccc(C(C)C(=O)S)cc1. The Labute approximate surface area is 88.7 Å². The van der Waals surface area contributed by atoms with Gasteiger partial charge in [-0.2, -0.15) is 0 Å². The molecule has 0 radical (unpaired) electrons. The summed E-state index contributed by atoms with van der Waals surface area (Å²) in [6.07, 6.45) is 0. The first-order chi connectivity index (χ1) is 6.52. The van der Waals surface area contributed by atoms with Crippen LogP contribution in [-0.2, 0) is 4.79 Å². The number of ketones is 1. The number of hydrogen-bond donors (Lipinski definition) is 1. The maximum Gasteiger partial charge on any atom is 0.193 e. The Bertz CT molecular complexity index is 354. The van der Waals surface area contributed by atoms with E-state index in [1.807, 2.05) is 0 Å². The summed E-state index contributed by atoms with van der Waals surface area (Å²) in [5, 5.41) is -0.166. The van der Waals surface area contributed by atoms with Crippen molar-refractivity contribution in [2.24, 2.45) is 0 Å². The summed E-state index contributed by atoms with van der Waals surface area (Å²) in [5.74, 6) is -0.194. The van der Waals surface area contributed by atoms with Crippen molar-refractivity contribution in [2.75, 3.05) is 0 Å². The maximum atomic E-state index is 11.0. The molecular formula is C11H12O2S. The average molecular weight is 208 g/mol. The lowest BCUT2D eigenvalue weighted by Gasteiger charge is -2.07. The van der Waals surface area contributed by atoms with E-state index >= 15 is 0 Å². The van der Waals surface area contributed by atoms with Gasteiger partial charge in [0.2, 0.25) is 0 Å². The van der Waals surface area contributed by atoms with Crippen molar-refractivity contribution in [3.05, 3.63) is 35.4 Å². The number of hydrogen-bond acceptors (Lipinski definition) is 2. The second-order valence-corrected chi connectivity index (χ2v) is 3.68. The molecule has 0 amide bonds. The van der Waals surface area contributed by atoms with E-state index in [4.69, 9.17) is 0 Å². The summed E-state index contributed by atoms with van der Waals surface area (Å²) in [6.45, 7) is 3.31. The number of rotatable bonds is 3. The Morgan fingerprint density at radius 1 is 1.21 bits per heavy atom. The Kier molecular flexibility index (Phi) is 3.47. The van der Waals surface area contributed by atoms with E-state index in [1.165, 1.54) is 6.92 Å². The van der Waals surface area contributed by atoms with Gasteiger partial charge in [-0.3, -0.25) is 9.59 Å². The fourth-order valence-electron chi connectivity index (χ4n) is 1.15. The van der Waals surface area contributed by atoms with E-state index in [1.54, 1.807) is 31.2 Å². The molecule has 2 nitrogen and oxygen atoms in total. The molecule has 0 aliphatic heterocycles. The molecule has 1 aromatic carbocycles. The van der Waals surface area contributed by atoms with Crippen molar-refractivity contribution in [1.82, 2.24) is 0 Å². The predicted octanol–water partition coefficient (Wildman–Crippen LogP) is 2.45. The first-order valence-corrected chi connectivity index (χ1v) is 4.81. The lowest BCUT2D eigenvalue weighted by atomic mass is 10.0. The van der Waals surface area contributed by atoms with Crippen molar-refractivity contribution >= 4 is 23.5 Å². The maximum absolute atomic E-state index is 11.0. The second-order valence-electron chi connectivity index (χ2n) is 3.24. The molecule has 1 unspecified atom stereocenters. The zero-order chi connectivity index (χ0) is 10.7. The first-order valence-electron chi connectivity index (χ1n) is 4.36. The molecule has 14 heavy (non-hydrogen) atoms. The normalized spacial score (nSPS) is 12.2. The fraction of sp³-hybridized carbons (Fsp3) is 0.273. The third-order valence-electron chi connectivity index (χ3n) is 2.19. The molecule has 3 heteroatoms. The van der Waals surface area contributed by atoms with Crippen LogP contribution in [0, 0.1) is 0 Å². The Hall–Kier alpha value is -1.09. The molecule has 0 fully saturated rings. The summed E-state index contributed by atoms with van der Waals surface area (Å²) >= 11 is 3.77. The van der Waals surface area contributed by atoms with Gasteiger partial charge in [-0.25, -0.2) is 0 Å². The van der Waals surface area contributed by atoms with Gasteiger partial charge in [-0.1, -0.05) is 31.2 Å². The molecule has 74 valence electrons. The van der Waals surface area contributed by atoms with Gasteiger partial charge in [0, 0.05) is 5.56 Å². The molecule has 0 aliphatic carbocycles. The number of Topliss-reactive ketones (excluding diaryl/α,β-unsaturated/α-hetero) is 1. The van der Waals surface area contributed by atoms with Gasteiger partial charge in [0.05, 0.1) is 5.92 Å². The highest BCUT2D eigenvalue weighted by Crippen LogP contribution is 2.18. The summed E-state index contributed by atoms with van der Waals surface area (Å²) in [6, 6.07) is 7.03. The lowest BCUT2D eigenvalue weighted by molar-refractivity contribution is -0.111. The van der Waals surface area contributed by atoms with Crippen LogP contribution in [0.5, 0.6) is 0 Å². The van der Waals surface area contributed by atoms with Crippen molar-refractivity contribution in [3.8, 4) is 0 Å². The first kappa shape index (κ1) is 11.0. The van der Waals surface area contributed by atoms with Crippen molar-refractivity contribution in [3.63, 3.8) is 0 Å². The smallest absolute Gasteiger partial charge is 0.193 e. The highest BCUT2D eigenvalue weighted by atomic mass is 32.1. The Balaban J connectivity index is 2.94. The number of thiol groups is 1. The number of carbonyl (C=O) groups excluding carboxylic acids is 2. The molecule has 0 aromatic heterocycles. The molecule has 0 spiro atoms. The van der Waals surface area contributed by atoms with Crippen LogP contribution in [0.2, 0.25) is 0 Å². The van der Waals surface area contributed by atoms with Crippen molar-refractivity contribution < 1.29 is 9.59 Å². The molecule has 1 rings (SSSR count). The molecule has 1 aromatic rings. The lowest BCUT2D eigenvalue weighted by Crippen LogP contribution is -2.02. The molecule has 1 atom stereocenters. The summed E-state index contributed by atoms with van der Waals surface area (Å²) in [5.41, 5.74) is 1.54. The van der Waals surface area contributed by atoms with E-state index in [9.17, 15) is 9.59 Å². The van der Waals surface area contributed by atoms with Crippen LogP contribution in [0.25, 0.3) is 0 Å². The summed E-state index contributed by atoms with van der Waals surface area (Å²) in [7, 11) is 0. The zero-order valence-electron chi connectivity index (χ0n) is 8.15. The van der Waals surface area contributed by atoms with Crippen LogP contribution in [0.3, 0.4) is 0 Å². The van der Waals surface area contributed by atoms with E-state index in [2.05, 4.69) is 12.6 Å². The molecule has 0 N–H and O–H groups in total. The molecule has 0 saturated carbocycles. The van der Waals surface area contributed by atoms with Crippen molar-refractivity contribution in [1.29, 1.82) is 0 Å². The number of carbonyl (C=O) groups is 2. The third kappa shape index (κ3) is 2.45. The number of benzene rings is 1. The minimum atomic E-state index is -0.223. The monoisotopic (exact) mass is 208 g/mol. The second kappa shape index (κ2) is 4.42. The van der Waals surface area contributed by atoms with Crippen molar-refractivity contribution in [2.45, 2.75) is 19.8 Å². The van der Waals surface area contributed by atoms with Gasteiger partial charge in [0.15, 0.2) is 10.9 Å². The quantitative estimate of drug-likeness (QED) is 0.611. The van der Waals surface area contributed by atoms with E-state index in [0.29, 0.717) is 5.56 Å². The zero-order valence-corrected chi connectivity index (χ0v) is 9.04. The highest BCUT2D eigenvalue weighted by Gasteiger charge is 2.11. The third-order valence-corrected chi connectivity index (χ3v) is 2.57. The van der Waals surface area contributed by atoms with Crippen LogP contribution in [-0.4, -0.2) is 10.9 Å². The minimum Gasteiger partial charge on any atom is -0.295 e. The van der Waals surface area contributed by atoms with Crippen LogP contribution >= 0.6 is 12.6 Å². The molecule has 0 saturated heterocycles. The molecule has 0 heterocycles. The fourth-order valence-corrected chi connectivity index (χ4v) is 1.30. The van der Waals surface area contributed by atoms with E-state index in [0.717, 1.165) is 5.56 Å². The van der Waals surface area contributed by atoms with Gasteiger partial charge in [0.1, 0.15) is 0 Å². The summed E-state index contributed by atoms with van der Waals surface area (Å²) < 4.78 is 0. The summed E-state index contributed by atoms with van der Waals surface area (Å²) in [4.78, 5) is 21.9. The van der Waals surface area contributed by atoms with Gasteiger partial charge in [-0.15, -0.1) is 12.6 Å². The van der Waals surface area contributed by atoms with E-state index in [-0.39, 0.29) is 16.8 Å². The Morgan fingerprint density at radius 2 is 1.71 bits per heavy atom. The predicted molar refractivity (Wildman–Crippen MR) is 58.9 cm³/mol. The highest BCUT2D eigenvalue weighted by molar-refractivity contribution is 7.96. The van der Waals surface area contributed by atoms with Crippen LogP contribution < -0.4 is 0 Å². The Morgan fingerprint density at radius 3 is 2.07 bits per heavy atom. The van der Waals surface area contributed by atoms with Gasteiger partial charge in [0.25, 0.3) is 0 Å². The molecule has 0 bridgehead atoms. The average Bonchev–Trinajstić information content (AvgIpc) is 2.16. The van der Waals surface area contributed by atoms with E-state index < -0.39 is 0 Å². The van der Waals surface area contributed by atoms with Crippen LogP contribution in [0.1, 0.15) is 35.7 Å². The molecular weight excluding hydrogens is 196 g/mol. The molecule has 0 aliphatic rings. The van der Waals surface area contributed by atoms with Gasteiger partial charge >= 0.3 is 0 Å². The van der Waals surface area contributed by atoms with Crippen LogP contribution in [0.4, 0.5) is 0 Å². The van der Waals surface area contributed by atoms with Gasteiger partial charge < -0.3 is 0 Å². The minimum absolute atomic E-state index is 0.0291. The van der Waals surface area contributed by atoms with Crippen LogP contribution in [0.15, 0.2) is 24.3 Å².